The number of ether oxygens (including phenoxy) is 4. The van der Waals surface area contributed by atoms with Gasteiger partial charge < -0.3 is 23.5 Å². The second-order valence-corrected chi connectivity index (χ2v) is 9.81. The van der Waals surface area contributed by atoms with Gasteiger partial charge in [-0.15, -0.1) is 0 Å². The Kier molecular flexibility index (Phi) is 9.04. The van der Waals surface area contributed by atoms with Gasteiger partial charge in [-0.2, -0.15) is 0 Å². The topological polar surface area (TPSA) is 58.0 Å². The molecule has 7 heteroatoms. The average molecular weight is 540 g/mol. The maximum Gasteiger partial charge on any atom is 0.231 e. The fourth-order valence-corrected chi connectivity index (χ4v) is 4.93. The van der Waals surface area contributed by atoms with E-state index in [0.717, 1.165) is 79.0 Å². The highest BCUT2D eigenvalue weighted by Crippen LogP contribution is 2.33. The summed E-state index contributed by atoms with van der Waals surface area (Å²) < 4.78 is 24.6. The van der Waals surface area contributed by atoms with E-state index in [4.69, 9.17) is 23.9 Å². The zero-order valence-electron chi connectivity index (χ0n) is 23.5. The Labute approximate surface area is 236 Å². The molecule has 0 spiro atoms. The first-order valence-corrected chi connectivity index (χ1v) is 13.8. The van der Waals surface area contributed by atoms with Crippen LogP contribution in [0.5, 0.6) is 23.0 Å². The van der Waals surface area contributed by atoms with Crippen LogP contribution in [0.3, 0.4) is 0 Å². The highest BCUT2D eigenvalue weighted by atomic mass is 16.7. The number of hydrogen-bond acceptors (Lipinski definition) is 6. The Morgan fingerprint density at radius 1 is 0.950 bits per heavy atom. The summed E-state index contributed by atoms with van der Waals surface area (Å²) >= 11 is 0. The highest BCUT2D eigenvalue weighted by molar-refractivity contribution is 5.60. The van der Waals surface area contributed by atoms with E-state index in [1.165, 1.54) is 11.3 Å². The fourth-order valence-electron chi connectivity index (χ4n) is 4.93. The number of hydrogen-bond donors (Lipinski definition) is 0. The van der Waals surface area contributed by atoms with Crippen molar-refractivity contribution in [2.24, 2.45) is 0 Å². The maximum atomic E-state index is 5.65. The van der Waals surface area contributed by atoms with E-state index in [2.05, 4.69) is 64.9 Å². The van der Waals surface area contributed by atoms with Crippen LogP contribution in [-0.2, 0) is 19.6 Å². The smallest absolute Gasteiger partial charge is 0.231 e. The summed E-state index contributed by atoms with van der Waals surface area (Å²) in [4.78, 5) is 7.28. The number of imidazole rings is 1. The summed E-state index contributed by atoms with van der Waals surface area (Å²) in [5.41, 5.74) is 4.47. The Bertz CT molecular complexity index is 1430. The monoisotopic (exact) mass is 539 g/mol. The Hall–Kier alpha value is -4.23. The zero-order chi connectivity index (χ0) is 27.7. The third kappa shape index (κ3) is 6.49. The van der Waals surface area contributed by atoms with Gasteiger partial charge >= 0.3 is 0 Å². The summed E-state index contributed by atoms with van der Waals surface area (Å²) in [7, 11) is 3.36. The van der Waals surface area contributed by atoms with Crippen LogP contribution in [0.15, 0.2) is 79.0 Å². The maximum absolute atomic E-state index is 5.65. The zero-order valence-corrected chi connectivity index (χ0v) is 23.5. The highest BCUT2D eigenvalue weighted by Gasteiger charge is 2.17. The molecular weight excluding hydrogens is 502 g/mol. The first-order chi connectivity index (χ1) is 19.7. The van der Waals surface area contributed by atoms with Crippen molar-refractivity contribution >= 4 is 6.08 Å². The average Bonchev–Trinajstić information content (AvgIpc) is 3.63. The Morgan fingerprint density at radius 3 is 2.60 bits per heavy atom. The summed E-state index contributed by atoms with van der Waals surface area (Å²) in [5, 5.41) is 0. The SMILES string of the molecule is CCCCn1c(CN(CC=Cc2cc(OC)ccc2OC)Cc2ccc3c(c2)OCO3)cnc1-c1ccccc1. The standard InChI is InChI=1S/C33H37N3O4/c1-4-5-18-36-28(21-34-33(36)26-10-7-6-8-11-26)23-35(22-25-13-15-31-32(19-25)40-24-39-31)17-9-12-27-20-29(37-2)14-16-30(27)38-3/h6-16,19-21H,4-5,17-18,22-24H2,1-3H3. The molecule has 208 valence electrons. The van der Waals surface area contributed by atoms with Gasteiger partial charge in [-0.25, -0.2) is 4.98 Å². The van der Waals surface area contributed by atoms with Crippen LogP contribution in [0, 0.1) is 0 Å². The number of nitrogens with zero attached hydrogens (tertiary/aromatic N) is 3. The molecule has 1 aromatic heterocycles. The molecule has 1 aliphatic heterocycles. The van der Waals surface area contributed by atoms with Crippen molar-refractivity contribution in [2.75, 3.05) is 27.6 Å². The summed E-state index contributed by atoms with van der Waals surface area (Å²) in [5.74, 6) is 4.22. The minimum Gasteiger partial charge on any atom is -0.497 e. The Morgan fingerprint density at radius 2 is 1.80 bits per heavy atom. The minimum atomic E-state index is 0.270. The van der Waals surface area contributed by atoms with Crippen molar-refractivity contribution in [1.29, 1.82) is 0 Å². The lowest BCUT2D eigenvalue weighted by Gasteiger charge is -2.22. The fraction of sp³-hybridized carbons (Fsp3) is 0.303. The predicted molar refractivity (Wildman–Crippen MR) is 158 cm³/mol. The van der Waals surface area contributed by atoms with Crippen molar-refractivity contribution in [1.82, 2.24) is 14.5 Å². The van der Waals surface area contributed by atoms with Crippen LogP contribution in [0.4, 0.5) is 0 Å². The minimum absolute atomic E-state index is 0.270. The molecule has 0 fully saturated rings. The van der Waals surface area contributed by atoms with E-state index in [1.54, 1.807) is 14.2 Å². The third-order valence-electron chi connectivity index (χ3n) is 7.03. The van der Waals surface area contributed by atoms with Gasteiger partial charge in [-0.3, -0.25) is 4.90 Å². The van der Waals surface area contributed by atoms with Crippen LogP contribution < -0.4 is 18.9 Å². The molecule has 1 aliphatic rings. The number of aromatic nitrogens is 2. The molecule has 0 saturated heterocycles. The van der Waals surface area contributed by atoms with Crippen LogP contribution in [0.1, 0.15) is 36.6 Å². The van der Waals surface area contributed by atoms with E-state index < -0.39 is 0 Å². The number of unbranched alkanes of at least 4 members (excludes halogenated alkanes) is 1. The molecular formula is C33H37N3O4. The normalized spacial score (nSPS) is 12.4. The first-order valence-electron chi connectivity index (χ1n) is 13.8. The number of benzene rings is 3. The summed E-state index contributed by atoms with van der Waals surface area (Å²) in [6.07, 6.45) is 8.52. The van der Waals surface area contributed by atoms with Crippen LogP contribution in [0.25, 0.3) is 17.5 Å². The van der Waals surface area contributed by atoms with Crippen molar-refractivity contribution in [3.05, 3.63) is 95.8 Å². The van der Waals surface area contributed by atoms with Crippen LogP contribution in [-0.4, -0.2) is 42.0 Å². The van der Waals surface area contributed by atoms with Crippen LogP contribution >= 0.6 is 0 Å². The molecule has 0 unspecified atom stereocenters. The van der Waals surface area contributed by atoms with Crippen molar-refractivity contribution in [3.63, 3.8) is 0 Å². The summed E-state index contributed by atoms with van der Waals surface area (Å²) in [6.45, 7) is 5.65. The molecule has 0 N–H and O–H groups in total. The molecule has 4 aromatic rings. The molecule has 0 saturated carbocycles. The second-order valence-electron chi connectivity index (χ2n) is 9.81. The van der Waals surface area contributed by atoms with Gasteiger partial charge in [0.05, 0.1) is 26.1 Å². The van der Waals surface area contributed by atoms with Gasteiger partial charge in [0.2, 0.25) is 6.79 Å². The first kappa shape index (κ1) is 27.3. The molecule has 40 heavy (non-hydrogen) atoms. The molecule has 7 nitrogen and oxygen atoms in total. The van der Waals surface area contributed by atoms with Gasteiger partial charge in [-0.1, -0.05) is 61.9 Å². The van der Waals surface area contributed by atoms with Gasteiger partial charge in [-0.05, 0) is 42.3 Å². The third-order valence-corrected chi connectivity index (χ3v) is 7.03. The lowest BCUT2D eigenvalue weighted by atomic mass is 10.1. The summed E-state index contributed by atoms with van der Waals surface area (Å²) in [6, 6.07) is 22.4. The molecule has 3 aromatic carbocycles. The second kappa shape index (κ2) is 13.2. The van der Waals surface area contributed by atoms with E-state index in [9.17, 15) is 0 Å². The quantitative estimate of drug-likeness (QED) is 0.186. The van der Waals surface area contributed by atoms with Crippen molar-refractivity contribution in [3.8, 4) is 34.4 Å². The van der Waals surface area contributed by atoms with Crippen molar-refractivity contribution in [2.45, 2.75) is 39.4 Å². The van der Waals surface area contributed by atoms with E-state index in [1.807, 2.05) is 36.5 Å². The molecule has 0 amide bonds. The van der Waals surface area contributed by atoms with Crippen LogP contribution in [0.2, 0.25) is 0 Å². The van der Waals surface area contributed by atoms with Gasteiger partial charge in [0, 0.05) is 37.3 Å². The number of rotatable bonds is 13. The number of methoxy groups -OCH3 is 2. The lowest BCUT2D eigenvalue weighted by molar-refractivity contribution is 0.174. The molecule has 0 bridgehead atoms. The van der Waals surface area contributed by atoms with E-state index >= 15 is 0 Å². The lowest BCUT2D eigenvalue weighted by Crippen LogP contribution is -2.24. The van der Waals surface area contributed by atoms with Gasteiger partial charge in [0.1, 0.15) is 17.3 Å². The van der Waals surface area contributed by atoms with Crippen molar-refractivity contribution < 1.29 is 18.9 Å². The molecule has 0 aliphatic carbocycles. The molecule has 0 radical (unpaired) electrons. The largest absolute Gasteiger partial charge is 0.497 e. The molecule has 5 rings (SSSR count). The van der Waals surface area contributed by atoms with E-state index in [-0.39, 0.29) is 6.79 Å². The van der Waals surface area contributed by atoms with Gasteiger partial charge in [0.25, 0.3) is 0 Å². The predicted octanol–water partition coefficient (Wildman–Crippen LogP) is 6.81. The number of fused-ring (bicyclic) bond motifs is 1. The van der Waals surface area contributed by atoms with Gasteiger partial charge in [0.15, 0.2) is 11.5 Å². The van der Waals surface area contributed by atoms with E-state index in [0.29, 0.717) is 0 Å². The molecule has 0 atom stereocenters. The Balaban J connectivity index is 1.42. The molecule has 2 heterocycles.